The van der Waals surface area contributed by atoms with Crippen LogP contribution < -0.4 is 0 Å². The molecule has 33 heavy (non-hydrogen) atoms. The largest absolute Gasteiger partial charge is 0.389 e. The van der Waals surface area contributed by atoms with Gasteiger partial charge < -0.3 is 14.7 Å². The molecule has 0 spiro atoms. The van der Waals surface area contributed by atoms with E-state index in [-0.39, 0.29) is 19.1 Å². The Hall–Kier alpha value is -3.19. The molecule has 0 radical (unpaired) electrons. The molecule has 0 aromatic heterocycles. The topological polar surface area (TPSA) is 70.1 Å². The lowest BCUT2D eigenvalue weighted by molar-refractivity contribution is -0.129. The predicted octanol–water partition coefficient (Wildman–Crippen LogP) is 4.42. The third-order valence-electron chi connectivity index (χ3n) is 5.48. The van der Waals surface area contributed by atoms with Crippen molar-refractivity contribution < 1.29 is 19.4 Å². The first kappa shape index (κ1) is 23.0. The standard InChI is InChI=1S/C26H25ClN2O4/c27-22-13-11-20(12-14-22)17-33-18-23(30)16-29-25(31)24(21-9-5-2-6-10-21)28(26(29)32)15-19-7-3-1-4-8-19/h1-14,23-24,30H,15-18H2. The molecular formula is C26H25ClN2O4. The number of hydrogen-bond donors (Lipinski definition) is 1. The van der Waals surface area contributed by atoms with E-state index in [1.54, 1.807) is 17.0 Å². The van der Waals surface area contributed by atoms with Crippen molar-refractivity contribution >= 4 is 23.5 Å². The van der Waals surface area contributed by atoms with Gasteiger partial charge in [-0.2, -0.15) is 0 Å². The molecule has 6 nitrogen and oxygen atoms in total. The first-order valence-electron chi connectivity index (χ1n) is 10.7. The summed E-state index contributed by atoms with van der Waals surface area (Å²) in [6.45, 7) is 0.453. The van der Waals surface area contributed by atoms with E-state index in [1.807, 2.05) is 72.8 Å². The van der Waals surface area contributed by atoms with Crippen molar-refractivity contribution in [3.05, 3.63) is 107 Å². The Labute approximate surface area is 198 Å². The van der Waals surface area contributed by atoms with Gasteiger partial charge in [0.15, 0.2) is 0 Å². The van der Waals surface area contributed by atoms with Crippen LogP contribution in [0.5, 0.6) is 0 Å². The second kappa shape index (κ2) is 10.6. The molecule has 2 unspecified atom stereocenters. The minimum absolute atomic E-state index is 0.00558. The first-order chi connectivity index (χ1) is 16.0. The van der Waals surface area contributed by atoms with Crippen molar-refractivity contribution in [3.8, 4) is 0 Å². The number of carbonyl (C=O) groups is 2. The summed E-state index contributed by atoms with van der Waals surface area (Å²) in [6, 6.07) is 24.8. The molecule has 170 valence electrons. The van der Waals surface area contributed by atoms with Gasteiger partial charge in [0.25, 0.3) is 5.91 Å². The zero-order chi connectivity index (χ0) is 23.2. The normalized spacial score (nSPS) is 17.0. The fourth-order valence-electron chi connectivity index (χ4n) is 3.86. The molecule has 1 aliphatic heterocycles. The smallest absolute Gasteiger partial charge is 0.328 e. The van der Waals surface area contributed by atoms with Gasteiger partial charge in [-0.05, 0) is 28.8 Å². The summed E-state index contributed by atoms with van der Waals surface area (Å²) >= 11 is 5.88. The summed E-state index contributed by atoms with van der Waals surface area (Å²) in [6.07, 6.45) is -1.00. The molecule has 4 rings (SSSR count). The van der Waals surface area contributed by atoms with Crippen molar-refractivity contribution in [3.63, 3.8) is 0 Å². The molecule has 1 aliphatic rings. The Morgan fingerprint density at radius 1 is 0.879 bits per heavy atom. The first-order valence-corrected chi connectivity index (χ1v) is 11.1. The van der Waals surface area contributed by atoms with Crippen LogP contribution in [-0.2, 0) is 22.7 Å². The van der Waals surface area contributed by atoms with Crippen molar-refractivity contribution in [2.24, 2.45) is 0 Å². The van der Waals surface area contributed by atoms with Crippen LogP contribution in [0.25, 0.3) is 0 Å². The molecular weight excluding hydrogens is 440 g/mol. The van der Waals surface area contributed by atoms with Crippen LogP contribution in [0, 0.1) is 0 Å². The fraction of sp³-hybridized carbons (Fsp3) is 0.231. The van der Waals surface area contributed by atoms with Crippen LogP contribution in [-0.4, -0.2) is 46.1 Å². The number of carbonyl (C=O) groups excluding carboxylic acids is 2. The van der Waals surface area contributed by atoms with Gasteiger partial charge in [-0.25, -0.2) is 4.79 Å². The van der Waals surface area contributed by atoms with E-state index in [1.165, 1.54) is 0 Å². The summed E-state index contributed by atoms with van der Waals surface area (Å²) in [5.74, 6) is -0.348. The van der Waals surface area contributed by atoms with Crippen LogP contribution in [0.3, 0.4) is 0 Å². The maximum Gasteiger partial charge on any atom is 0.328 e. The Bertz CT molecular complexity index is 1080. The van der Waals surface area contributed by atoms with Crippen LogP contribution in [0.2, 0.25) is 5.02 Å². The number of halogens is 1. The Morgan fingerprint density at radius 2 is 1.52 bits per heavy atom. The highest BCUT2D eigenvalue weighted by molar-refractivity contribution is 6.30. The predicted molar refractivity (Wildman–Crippen MR) is 125 cm³/mol. The van der Waals surface area contributed by atoms with Crippen molar-refractivity contribution in [1.29, 1.82) is 0 Å². The quantitative estimate of drug-likeness (QED) is 0.476. The maximum absolute atomic E-state index is 13.3. The molecule has 1 saturated heterocycles. The highest BCUT2D eigenvalue weighted by Crippen LogP contribution is 2.32. The maximum atomic E-state index is 13.3. The SMILES string of the molecule is O=C1C(c2ccccc2)N(Cc2ccccc2)C(=O)N1CC(O)COCc1ccc(Cl)cc1. The van der Waals surface area contributed by atoms with E-state index >= 15 is 0 Å². The number of aliphatic hydroxyl groups excluding tert-OH is 1. The molecule has 3 aromatic carbocycles. The lowest BCUT2D eigenvalue weighted by Crippen LogP contribution is -2.40. The number of benzene rings is 3. The molecule has 1 N–H and O–H groups in total. The highest BCUT2D eigenvalue weighted by Gasteiger charge is 2.46. The summed E-state index contributed by atoms with van der Waals surface area (Å²) in [5.41, 5.74) is 2.58. The van der Waals surface area contributed by atoms with E-state index in [0.717, 1.165) is 21.6 Å². The molecule has 3 aromatic rings. The van der Waals surface area contributed by atoms with Gasteiger partial charge in [0.1, 0.15) is 6.04 Å². The number of ether oxygens (including phenoxy) is 1. The van der Waals surface area contributed by atoms with Gasteiger partial charge in [-0.3, -0.25) is 9.69 Å². The van der Waals surface area contributed by atoms with E-state index < -0.39 is 18.2 Å². The number of imide groups is 1. The average Bonchev–Trinajstić information content (AvgIpc) is 3.06. The van der Waals surface area contributed by atoms with Crippen LogP contribution in [0.1, 0.15) is 22.7 Å². The second-order valence-electron chi connectivity index (χ2n) is 7.95. The number of rotatable bonds is 9. The summed E-state index contributed by atoms with van der Waals surface area (Å²) in [5, 5.41) is 11.1. The van der Waals surface area contributed by atoms with Gasteiger partial charge in [-0.15, -0.1) is 0 Å². The van der Waals surface area contributed by atoms with E-state index in [2.05, 4.69) is 0 Å². The molecule has 7 heteroatoms. The molecule has 1 fully saturated rings. The van der Waals surface area contributed by atoms with Crippen molar-refractivity contribution in [1.82, 2.24) is 9.80 Å². The minimum atomic E-state index is -1.00. The number of amides is 3. The van der Waals surface area contributed by atoms with Gasteiger partial charge in [0, 0.05) is 11.6 Å². The third-order valence-corrected chi connectivity index (χ3v) is 5.74. The number of β-amino-alcohol motifs (C(OH)–C–C–N with tert-alkyl or cyclic N) is 1. The third kappa shape index (κ3) is 5.60. The monoisotopic (exact) mass is 464 g/mol. The van der Waals surface area contributed by atoms with Crippen molar-refractivity contribution in [2.75, 3.05) is 13.2 Å². The summed E-state index contributed by atoms with van der Waals surface area (Å²) < 4.78 is 5.58. The second-order valence-corrected chi connectivity index (χ2v) is 8.39. The molecule has 1 heterocycles. The summed E-state index contributed by atoms with van der Waals surface area (Å²) in [7, 11) is 0. The van der Waals surface area contributed by atoms with Crippen LogP contribution in [0.15, 0.2) is 84.9 Å². The van der Waals surface area contributed by atoms with E-state index in [4.69, 9.17) is 16.3 Å². The summed E-state index contributed by atoms with van der Waals surface area (Å²) in [4.78, 5) is 29.2. The van der Waals surface area contributed by atoms with E-state index in [0.29, 0.717) is 18.2 Å². The molecule has 0 aliphatic carbocycles. The Morgan fingerprint density at radius 3 is 2.18 bits per heavy atom. The lowest BCUT2D eigenvalue weighted by atomic mass is 10.1. The van der Waals surface area contributed by atoms with Crippen LogP contribution in [0.4, 0.5) is 4.79 Å². The van der Waals surface area contributed by atoms with Gasteiger partial charge in [-0.1, -0.05) is 84.4 Å². The number of nitrogens with zero attached hydrogens (tertiary/aromatic N) is 2. The molecule has 3 amide bonds. The van der Waals surface area contributed by atoms with E-state index in [9.17, 15) is 14.7 Å². The Kier molecular flexibility index (Phi) is 7.40. The molecule has 2 atom stereocenters. The zero-order valence-corrected chi connectivity index (χ0v) is 18.8. The van der Waals surface area contributed by atoms with Crippen LogP contribution >= 0.6 is 11.6 Å². The number of urea groups is 1. The van der Waals surface area contributed by atoms with Gasteiger partial charge in [0.2, 0.25) is 0 Å². The molecule has 0 bridgehead atoms. The Balaban J connectivity index is 1.44. The zero-order valence-electron chi connectivity index (χ0n) is 18.0. The fourth-order valence-corrected chi connectivity index (χ4v) is 3.99. The van der Waals surface area contributed by atoms with Gasteiger partial charge >= 0.3 is 6.03 Å². The molecule has 0 saturated carbocycles. The lowest BCUT2D eigenvalue weighted by Gasteiger charge is -2.22. The highest BCUT2D eigenvalue weighted by atomic mass is 35.5. The number of aliphatic hydroxyl groups is 1. The van der Waals surface area contributed by atoms with Gasteiger partial charge in [0.05, 0.1) is 25.9 Å². The van der Waals surface area contributed by atoms with Crippen molar-refractivity contribution in [2.45, 2.75) is 25.3 Å². The minimum Gasteiger partial charge on any atom is -0.389 e. The average molecular weight is 465 g/mol. The number of hydrogen-bond acceptors (Lipinski definition) is 4.